The van der Waals surface area contributed by atoms with Crippen LogP contribution < -0.4 is 5.32 Å². The van der Waals surface area contributed by atoms with Gasteiger partial charge in [-0.1, -0.05) is 19.3 Å². The predicted octanol–water partition coefficient (Wildman–Crippen LogP) is 4.59. The summed E-state index contributed by atoms with van der Waals surface area (Å²) >= 11 is 0. The van der Waals surface area contributed by atoms with Crippen LogP contribution in [-0.4, -0.2) is 27.1 Å². The highest BCUT2D eigenvalue weighted by Crippen LogP contribution is 2.36. The molecule has 7 heteroatoms. The molecule has 0 spiro atoms. The van der Waals surface area contributed by atoms with Gasteiger partial charge in [-0.2, -0.15) is 0 Å². The summed E-state index contributed by atoms with van der Waals surface area (Å²) in [5, 5.41) is 21.3. The Morgan fingerprint density at radius 2 is 1.90 bits per heavy atom. The summed E-state index contributed by atoms with van der Waals surface area (Å²) in [7, 11) is 0. The van der Waals surface area contributed by atoms with Crippen LogP contribution in [0.3, 0.4) is 0 Å². The van der Waals surface area contributed by atoms with Crippen LogP contribution in [-0.2, 0) is 16.0 Å². The van der Waals surface area contributed by atoms with Crippen molar-refractivity contribution in [2.45, 2.75) is 64.7 Å². The summed E-state index contributed by atoms with van der Waals surface area (Å²) in [6.07, 6.45) is 5.19. The van der Waals surface area contributed by atoms with Crippen molar-refractivity contribution >= 4 is 17.6 Å². The van der Waals surface area contributed by atoms with Crippen molar-refractivity contribution in [1.82, 2.24) is 4.98 Å². The van der Waals surface area contributed by atoms with Crippen LogP contribution in [0.2, 0.25) is 0 Å². The number of carbonyl (C=O) groups excluding carboxylic acids is 1. The number of aliphatic carboxylic acids is 1. The fourth-order valence-electron chi connectivity index (χ4n) is 4.16. The standard InChI is InChI=1S/C23H27FN2O4/c1-13-10-18(26-20(28)12-21(29)30)22(24)14(2)17(13)11-16-8-9-19(27)23(25-16)15-6-4-3-5-7-15/h8-10,15,27H,3-7,11-12H2,1-2H3,(H,26,28)(H,29,30). The Bertz CT molecular complexity index is 968. The van der Waals surface area contributed by atoms with Gasteiger partial charge in [-0.05, 0) is 61.6 Å². The highest BCUT2D eigenvalue weighted by Gasteiger charge is 2.21. The third-order valence-corrected chi connectivity index (χ3v) is 5.75. The number of halogens is 1. The molecule has 1 aliphatic rings. The van der Waals surface area contributed by atoms with Gasteiger partial charge in [0.2, 0.25) is 5.91 Å². The number of carboxylic acid groups (broad SMARTS) is 1. The van der Waals surface area contributed by atoms with Gasteiger partial charge in [0.1, 0.15) is 18.0 Å². The number of carboxylic acids is 1. The lowest BCUT2D eigenvalue weighted by Gasteiger charge is -2.22. The second-order valence-corrected chi connectivity index (χ2v) is 8.00. The number of hydrogen-bond acceptors (Lipinski definition) is 4. The molecule has 1 heterocycles. The Hall–Kier alpha value is -2.96. The highest BCUT2D eigenvalue weighted by atomic mass is 19.1. The lowest BCUT2D eigenvalue weighted by Crippen LogP contribution is -2.17. The Labute approximate surface area is 175 Å². The summed E-state index contributed by atoms with van der Waals surface area (Å²) in [5.74, 6) is -2.16. The summed E-state index contributed by atoms with van der Waals surface area (Å²) in [5.41, 5.74) is 3.36. The number of anilines is 1. The molecule has 0 unspecified atom stereocenters. The fraction of sp³-hybridized carbons (Fsp3) is 0.435. The van der Waals surface area contributed by atoms with E-state index in [1.54, 1.807) is 19.1 Å². The number of amides is 1. The van der Waals surface area contributed by atoms with Gasteiger partial charge >= 0.3 is 5.97 Å². The first-order valence-corrected chi connectivity index (χ1v) is 10.2. The molecule has 160 valence electrons. The Kier molecular flexibility index (Phi) is 6.70. The number of hydrogen-bond donors (Lipinski definition) is 3. The van der Waals surface area contributed by atoms with E-state index in [-0.39, 0.29) is 17.4 Å². The summed E-state index contributed by atoms with van der Waals surface area (Å²) in [6.45, 7) is 3.45. The lowest BCUT2D eigenvalue weighted by atomic mass is 9.86. The van der Waals surface area contributed by atoms with Gasteiger partial charge in [0.25, 0.3) is 0 Å². The maximum atomic E-state index is 14.9. The number of nitrogens with zero attached hydrogens (tertiary/aromatic N) is 1. The van der Waals surface area contributed by atoms with Crippen molar-refractivity contribution in [3.05, 3.63) is 52.1 Å². The molecule has 2 aromatic rings. The van der Waals surface area contributed by atoms with E-state index in [9.17, 15) is 19.1 Å². The average molecular weight is 414 g/mol. The van der Waals surface area contributed by atoms with Crippen molar-refractivity contribution in [2.24, 2.45) is 0 Å². The first-order chi connectivity index (χ1) is 14.3. The number of rotatable bonds is 6. The minimum atomic E-state index is -1.27. The van der Waals surface area contributed by atoms with Gasteiger partial charge in [-0.3, -0.25) is 14.6 Å². The molecule has 1 aromatic heterocycles. The van der Waals surface area contributed by atoms with E-state index in [0.717, 1.165) is 48.2 Å². The molecule has 0 aliphatic heterocycles. The topological polar surface area (TPSA) is 99.5 Å². The number of aromatic nitrogens is 1. The predicted molar refractivity (Wildman–Crippen MR) is 111 cm³/mol. The molecule has 30 heavy (non-hydrogen) atoms. The van der Waals surface area contributed by atoms with E-state index in [1.807, 2.05) is 6.92 Å². The molecular formula is C23H27FN2O4. The quantitative estimate of drug-likeness (QED) is 0.600. The monoisotopic (exact) mass is 414 g/mol. The van der Waals surface area contributed by atoms with Crippen LogP contribution in [0.25, 0.3) is 0 Å². The van der Waals surface area contributed by atoms with E-state index in [2.05, 4.69) is 5.32 Å². The van der Waals surface area contributed by atoms with Crippen LogP contribution in [0.5, 0.6) is 5.75 Å². The van der Waals surface area contributed by atoms with Gasteiger partial charge < -0.3 is 15.5 Å². The van der Waals surface area contributed by atoms with E-state index in [4.69, 9.17) is 10.1 Å². The second-order valence-electron chi connectivity index (χ2n) is 8.00. The molecule has 1 saturated carbocycles. The molecule has 0 saturated heterocycles. The maximum Gasteiger partial charge on any atom is 0.312 e. The van der Waals surface area contributed by atoms with Gasteiger partial charge in [-0.15, -0.1) is 0 Å². The van der Waals surface area contributed by atoms with Gasteiger partial charge in [0.15, 0.2) is 0 Å². The Morgan fingerprint density at radius 3 is 2.57 bits per heavy atom. The van der Waals surface area contributed by atoms with E-state index in [0.29, 0.717) is 12.0 Å². The lowest BCUT2D eigenvalue weighted by molar-refractivity contribution is -0.139. The molecule has 1 aliphatic carbocycles. The van der Waals surface area contributed by atoms with E-state index < -0.39 is 24.1 Å². The molecule has 1 fully saturated rings. The first-order valence-electron chi connectivity index (χ1n) is 10.2. The third-order valence-electron chi connectivity index (χ3n) is 5.75. The summed E-state index contributed by atoms with van der Waals surface area (Å²) in [4.78, 5) is 27.1. The molecule has 0 radical (unpaired) electrons. The number of aryl methyl sites for hydroxylation is 1. The van der Waals surface area contributed by atoms with Crippen LogP contribution >= 0.6 is 0 Å². The zero-order valence-corrected chi connectivity index (χ0v) is 17.3. The highest BCUT2D eigenvalue weighted by molar-refractivity contribution is 6.01. The van der Waals surface area contributed by atoms with E-state index >= 15 is 0 Å². The number of benzene rings is 1. The number of nitrogens with one attached hydrogen (secondary N) is 1. The fourth-order valence-corrected chi connectivity index (χ4v) is 4.16. The van der Waals surface area contributed by atoms with Crippen LogP contribution in [0, 0.1) is 19.7 Å². The van der Waals surface area contributed by atoms with Gasteiger partial charge in [0, 0.05) is 18.0 Å². The smallest absolute Gasteiger partial charge is 0.312 e. The molecular weight excluding hydrogens is 387 g/mol. The Balaban J connectivity index is 1.85. The van der Waals surface area contributed by atoms with Crippen LogP contribution in [0.15, 0.2) is 18.2 Å². The van der Waals surface area contributed by atoms with Gasteiger partial charge in [-0.25, -0.2) is 4.39 Å². The zero-order valence-electron chi connectivity index (χ0n) is 17.3. The van der Waals surface area contributed by atoms with Crippen molar-refractivity contribution < 1.29 is 24.2 Å². The molecule has 0 atom stereocenters. The SMILES string of the molecule is Cc1cc(NC(=O)CC(=O)O)c(F)c(C)c1Cc1ccc(O)c(C2CCCCC2)n1. The molecule has 1 amide bonds. The first kappa shape index (κ1) is 21.7. The molecule has 3 rings (SSSR count). The minimum Gasteiger partial charge on any atom is -0.506 e. The van der Waals surface area contributed by atoms with Crippen molar-refractivity contribution in [3.63, 3.8) is 0 Å². The summed E-state index contributed by atoms with van der Waals surface area (Å²) < 4.78 is 14.9. The number of carbonyl (C=O) groups is 2. The van der Waals surface area contributed by atoms with Gasteiger partial charge in [0.05, 0.1) is 11.4 Å². The zero-order chi connectivity index (χ0) is 21.8. The molecule has 3 N–H and O–H groups in total. The maximum absolute atomic E-state index is 14.9. The van der Waals surface area contributed by atoms with E-state index in [1.165, 1.54) is 12.5 Å². The molecule has 0 bridgehead atoms. The number of aromatic hydroxyl groups is 1. The van der Waals surface area contributed by atoms with Crippen LogP contribution in [0.1, 0.15) is 72.5 Å². The Morgan fingerprint density at radius 1 is 1.20 bits per heavy atom. The summed E-state index contributed by atoms with van der Waals surface area (Å²) in [6, 6.07) is 4.93. The van der Waals surface area contributed by atoms with Crippen molar-refractivity contribution in [1.29, 1.82) is 0 Å². The molecule has 6 nitrogen and oxygen atoms in total. The molecule has 1 aromatic carbocycles. The van der Waals surface area contributed by atoms with Crippen molar-refractivity contribution in [3.8, 4) is 5.75 Å². The number of pyridine rings is 1. The minimum absolute atomic E-state index is 0.0263. The van der Waals surface area contributed by atoms with Crippen LogP contribution in [0.4, 0.5) is 10.1 Å². The normalized spacial score (nSPS) is 14.5. The largest absolute Gasteiger partial charge is 0.506 e. The third kappa shape index (κ3) is 4.96. The van der Waals surface area contributed by atoms with Crippen molar-refractivity contribution in [2.75, 3.05) is 5.32 Å². The average Bonchev–Trinajstić information content (AvgIpc) is 2.70. The second kappa shape index (κ2) is 9.24.